The van der Waals surface area contributed by atoms with Crippen molar-refractivity contribution in [2.24, 2.45) is 0 Å². The number of amides is 1. The fraction of sp³-hybridized carbons (Fsp3) is 0.412. The van der Waals surface area contributed by atoms with Crippen LogP contribution < -0.4 is 5.32 Å². The Bertz CT molecular complexity index is 717. The van der Waals surface area contributed by atoms with Gasteiger partial charge >= 0.3 is 11.9 Å². The summed E-state index contributed by atoms with van der Waals surface area (Å²) < 4.78 is 10.1. The molecule has 1 amide bonds. The summed E-state index contributed by atoms with van der Waals surface area (Å²) in [5.74, 6) is -1.40. The summed E-state index contributed by atoms with van der Waals surface area (Å²) in [7, 11) is 2.50. The van der Waals surface area contributed by atoms with E-state index < -0.39 is 11.9 Å². The van der Waals surface area contributed by atoms with Crippen molar-refractivity contribution in [2.45, 2.75) is 12.8 Å². The van der Waals surface area contributed by atoms with Crippen LogP contribution in [0.1, 0.15) is 33.6 Å². The lowest BCUT2D eigenvalue weighted by molar-refractivity contribution is -0.113. The van der Waals surface area contributed by atoms with E-state index in [1.54, 1.807) is 0 Å². The zero-order valence-electron chi connectivity index (χ0n) is 14.6. The highest BCUT2D eigenvalue weighted by molar-refractivity contribution is 8.23. The maximum atomic E-state index is 12.3. The van der Waals surface area contributed by atoms with Gasteiger partial charge in [0.15, 0.2) is 0 Å². The van der Waals surface area contributed by atoms with E-state index in [2.05, 4.69) is 15.0 Å². The first-order valence-electron chi connectivity index (χ1n) is 7.98. The summed E-state index contributed by atoms with van der Waals surface area (Å²) in [5.41, 5.74) is 0.564. The summed E-state index contributed by atoms with van der Waals surface area (Å²) in [6, 6.07) is 4.24. The van der Waals surface area contributed by atoms with Gasteiger partial charge in [0.1, 0.15) is 4.32 Å². The monoisotopic (exact) mass is 396 g/mol. The van der Waals surface area contributed by atoms with Gasteiger partial charge < -0.3 is 19.7 Å². The summed E-state index contributed by atoms with van der Waals surface area (Å²) >= 11 is 6.60. The lowest BCUT2D eigenvalue weighted by Gasteiger charge is -2.17. The molecule has 0 saturated carbocycles. The second-order valence-corrected chi connectivity index (χ2v) is 7.15. The molecule has 1 N–H and O–H groups in total. The Hall–Kier alpha value is -2.13. The number of rotatable bonds is 5. The number of hydrogen-bond acceptors (Lipinski definition) is 7. The van der Waals surface area contributed by atoms with Crippen LogP contribution >= 0.6 is 24.0 Å². The topological polar surface area (TPSA) is 84.9 Å². The van der Waals surface area contributed by atoms with E-state index in [-0.39, 0.29) is 28.5 Å². The van der Waals surface area contributed by atoms with Crippen molar-refractivity contribution in [3.05, 3.63) is 29.3 Å². The number of thiocarbonyl (C=S) groups is 1. The quantitative estimate of drug-likeness (QED) is 0.600. The normalized spacial score (nSPS) is 13.2. The Morgan fingerprint density at radius 2 is 1.81 bits per heavy atom. The largest absolute Gasteiger partial charge is 0.465 e. The third kappa shape index (κ3) is 5.18. The highest BCUT2D eigenvalue weighted by atomic mass is 32.2. The van der Waals surface area contributed by atoms with Gasteiger partial charge in [-0.3, -0.25) is 4.79 Å². The fourth-order valence-corrected chi connectivity index (χ4v) is 3.54. The molecule has 0 atom stereocenters. The number of nitrogens with one attached hydrogen (secondary N) is 1. The number of hydrogen-bond donors (Lipinski definition) is 1. The third-order valence-corrected chi connectivity index (χ3v) is 5.33. The summed E-state index contributed by atoms with van der Waals surface area (Å²) in [6.45, 7) is 1.84. The average molecular weight is 396 g/mol. The summed E-state index contributed by atoms with van der Waals surface area (Å²) in [4.78, 5) is 37.9. The van der Waals surface area contributed by atoms with Gasteiger partial charge in [-0.05, 0) is 31.0 Å². The van der Waals surface area contributed by atoms with Crippen LogP contribution in [-0.4, -0.2) is 60.1 Å². The number of anilines is 1. The standard InChI is InChI=1S/C17H20N2O5S2/c1-23-15(21)11-5-6-12(16(22)24-2)13(9-11)18-14(20)10-26-17(25)19-7-3-4-8-19/h5-6,9H,3-4,7-8,10H2,1-2H3,(H,18,20). The molecule has 1 aliphatic rings. The second-order valence-electron chi connectivity index (χ2n) is 5.54. The molecule has 2 rings (SSSR count). The maximum Gasteiger partial charge on any atom is 0.339 e. The van der Waals surface area contributed by atoms with Crippen LogP contribution in [0.2, 0.25) is 0 Å². The molecule has 1 aliphatic heterocycles. The Morgan fingerprint density at radius 3 is 2.42 bits per heavy atom. The van der Waals surface area contributed by atoms with Gasteiger partial charge in [-0.15, -0.1) is 0 Å². The van der Waals surface area contributed by atoms with Crippen molar-refractivity contribution >= 4 is 51.8 Å². The lowest BCUT2D eigenvalue weighted by Crippen LogP contribution is -2.25. The van der Waals surface area contributed by atoms with E-state index >= 15 is 0 Å². The molecule has 1 saturated heterocycles. The molecule has 7 nitrogen and oxygen atoms in total. The van der Waals surface area contributed by atoms with Crippen molar-refractivity contribution < 1.29 is 23.9 Å². The van der Waals surface area contributed by atoms with Crippen LogP contribution in [0.3, 0.4) is 0 Å². The maximum absolute atomic E-state index is 12.3. The zero-order chi connectivity index (χ0) is 19.1. The van der Waals surface area contributed by atoms with Crippen LogP contribution in [0.25, 0.3) is 0 Å². The highest BCUT2D eigenvalue weighted by Gasteiger charge is 2.19. The van der Waals surface area contributed by atoms with Gasteiger partial charge in [0.25, 0.3) is 0 Å². The van der Waals surface area contributed by atoms with Crippen LogP contribution in [0.4, 0.5) is 5.69 Å². The first-order chi connectivity index (χ1) is 12.5. The molecule has 140 valence electrons. The second kappa shape index (κ2) is 9.54. The Kier molecular flexibility index (Phi) is 7.40. The average Bonchev–Trinajstić information content (AvgIpc) is 3.19. The molecule has 1 aromatic rings. The molecule has 0 spiro atoms. The predicted octanol–water partition coefficient (Wildman–Crippen LogP) is 2.31. The number of carbonyl (C=O) groups is 3. The molecule has 0 aliphatic carbocycles. The van der Waals surface area contributed by atoms with Gasteiger partial charge in [-0.25, -0.2) is 9.59 Å². The number of benzene rings is 1. The molecule has 26 heavy (non-hydrogen) atoms. The van der Waals surface area contributed by atoms with Gasteiger partial charge in [0.2, 0.25) is 5.91 Å². The fourth-order valence-electron chi connectivity index (χ4n) is 2.49. The highest BCUT2D eigenvalue weighted by Crippen LogP contribution is 2.21. The minimum absolute atomic E-state index is 0.110. The Morgan fingerprint density at radius 1 is 1.15 bits per heavy atom. The predicted molar refractivity (Wildman–Crippen MR) is 104 cm³/mol. The number of ether oxygens (including phenoxy) is 2. The number of nitrogens with zero attached hydrogens (tertiary/aromatic N) is 1. The minimum atomic E-state index is -0.614. The molecule has 1 aromatic carbocycles. The van der Waals surface area contributed by atoms with Crippen molar-refractivity contribution in [1.29, 1.82) is 0 Å². The summed E-state index contributed by atoms with van der Waals surface area (Å²) in [5, 5.41) is 2.64. The van der Waals surface area contributed by atoms with E-state index in [1.165, 1.54) is 44.2 Å². The van der Waals surface area contributed by atoms with Crippen LogP contribution in [-0.2, 0) is 14.3 Å². The van der Waals surface area contributed by atoms with Crippen molar-refractivity contribution in [2.75, 3.05) is 38.4 Å². The number of methoxy groups -OCH3 is 2. The first-order valence-corrected chi connectivity index (χ1v) is 9.38. The van der Waals surface area contributed by atoms with Crippen LogP contribution in [0.5, 0.6) is 0 Å². The number of likely N-dealkylation sites (tertiary alicyclic amines) is 1. The number of thioether (sulfide) groups is 1. The van der Waals surface area contributed by atoms with Crippen molar-refractivity contribution in [3.63, 3.8) is 0 Å². The molecule has 1 fully saturated rings. The Labute approximate surface area is 161 Å². The van der Waals surface area contributed by atoms with E-state index in [0.717, 1.165) is 25.9 Å². The smallest absolute Gasteiger partial charge is 0.339 e. The van der Waals surface area contributed by atoms with E-state index in [9.17, 15) is 14.4 Å². The van der Waals surface area contributed by atoms with Gasteiger partial charge in [-0.2, -0.15) is 0 Å². The molecule has 0 bridgehead atoms. The molecule has 0 radical (unpaired) electrons. The van der Waals surface area contributed by atoms with Gasteiger partial charge in [0.05, 0.1) is 36.8 Å². The van der Waals surface area contributed by atoms with Gasteiger partial charge in [0, 0.05) is 13.1 Å². The van der Waals surface area contributed by atoms with Gasteiger partial charge in [-0.1, -0.05) is 24.0 Å². The summed E-state index contributed by atoms with van der Waals surface area (Å²) in [6.07, 6.45) is 2.21. The number of esters is 2. The third-order valence-electron chi connectivity index (χ3n) is 3.81. The van der Waals surface area contributed by atoms with Crippen LogP contribution in [0, 0.1) is 0 Å². The number of carbonyl (C=O) groups excluding carboxylic acids is 3. The van der Waals surface area contributed by atoms with Crippen molar-refractivity contribution in [1.82, 2.24) is 4.90 Å². The molecule has 0 aromatic heterocycles. The molecular formula is C17H20N2O5S2. The van der Waals surface area contributed by atoms with E-state index in [1.807, 2.05) is 0 Å². The first kappa shape index (κ1) is 20.2. The minimum Gasteiger partial charge on any atom is -0.465 e. The van der Waals surface area contributed by atoms with Crippen LogP contribution in [0.15, 0.2) is 18.2 Å². The van der Waals surface area contributed by atoms with E-state index in [4.69, 9.17) is 17.0 Å². The molecule has 9 heteroatoms. The van der Waals surface area contributed by atoms with Crippen molar-refractivity contribution in [3.8, 4) is 0 Å². The lowest BCUT2D eigenvalue weighted by atomic mass is 10.1. The zero-order valence-corrected chi connectivity index (χ0v) is 16.2. The SMILES string of the molecule is COC(=O)c1ccc(C(=O)OC)c(NC(=O)CSC(=S)N2CCCC2)c1. The molecular weight excluding hydrogens is 376 g/mol. The molecule has 0 unspecified atom stereocenters. The Balaban J connectivity index is 2.07. The van der Waals surface area contributed by atoms with E-state index in [0.29, 0.717) is 4.32 Å². The molecule has 1 heterocycles.